The molecule has 3 aromatic rings. The summed E-state index contributed by atoms with van der Waals surface area (Å²) in [7, 11) is -3.68. The maximum absolute atomic E-state index is 12.9. The molecule has 0 spiro atoms. The molecule has 1 amide bonds. The van der Waals surface area contributed by atoms with E-state index < -0.39 is 15.9 Å². The van der Waals surface area contributed by atoms with Gasteiger partial charge in [-0.3, -0.25) is 9.78 Å². The van der Waals surface area contributed by atoms with Crippen molar-refractivity contribution in [2.75, 3.05) is 11.9 Å². The van der Waals surface area contributed by atoms with Crippen LogP contribution in [0.3, 0.4) is 0 Å². The number of benzene rings is 1. The standard InChI is InChI=1S/C21H22N4O4S/c1-3-24-30(27,28)17-7-6-15(2)18(13-17)21(26)25-20-19(5-4-10-23-20)29-14-16-8-11-22-12-9-16/h4-13,24H,3,14H2,1-2H3,(H,23,25,26). The van der Waals surface area contributed by atoms with Crippen molar-refractivity contribution in [3.63, 3.8) is 0 Å². The van der Waals surface area contributed by atoms with Crippen molar-refractivity contribution in [3.8, 4) is 5.75 Å². The van der Waals surface area contributed by atoms with E-state index >= 15 is 0 Å². The maximum Gasteiger partial charge on any atom is 0.257 e. The Bertz CT molecular complexity index is 1130. The minimum Gasteiger partial charge on any atom is -0.485 e. The summed E-state index contributed by atoms with van der Waals surface area (Å²) >= 11 is 0. The Morgan fingerprint density at radius 1 is 1.10 bits per heavy atom. The number of carbonyl (C=O) groups is 1. The zero-order valence-corrected chi connectivity index (χ0v) is 17.4. The topological polar surface area (TPSA) is 110 Å². The normalized spacial score (nSPS) is 11.1. The predicted octanol–water partition coefficient (Wildman–Crippen LogP) is 2.91. The Hall–Kier alpha value is -3.30. The molecule has 0 unspecified atom stereocenters. The van der Waals surface area contributed by atoms with Gasteiger partial charge in [0, 0.05) is 30.7 Å². The van der Waals surface area contributed by atoms with Gasteiger partial charge < -0.3 is 10.1 Å². The second kappa shape index (κ2) is 9.47. The van der Waals surface area contributed by atoms with E-state index in [1.807, 2.05) is 12.1 Å². The number of aryl methyl sites for hydroxylation is 1. The van der Waals surface area contributed by atoms with Crippen molar-refractivity contribution in [1.29, 1.82) is 0 Å². The number of sulfonamides is 1. The largest absolute Gasteiger partial charge is 0.485 e. The Morgan fingerprint density at radius 2 is 1.87 bits per heavy atom. The minimum absolute atomic E-state index is 0.0234. The Morgan fingerprint density at radius 3 is 2.60 bits per heavy atom. The molecule has 3 rings (SSSR count). The maximum atomic E-state index is 12.9. The third kappa shape index (κ3) is 5.19. The second-order valence-electron chi connectivity index (χ2n) is 6.43. The summed E-state index contributed by atoms with van der Waals surface area (Å²) in [5.74, 6) is 0.168. The Kier molecular flexibility index (Phi) is 6.76. The molecule has 0 saturated carbocycles. The fraction of sp³-hybridized carbons (Fsp3) is 0.190. The third-order valence-electron chi connectivity index (χ3n) is 4.24. The summed E-state index contributed by atoms with van der Waals surface area (Å²) in [5.41, 5.74) is 1.79. The van der Waals surface area contributed by atoms with Gasteiger partial charge in [-0.1, -0.05) is 13.0 Å². The van der Waals surface area contributed by atoms with Crippen molar-refractivity contribution in [3.05, 3.63) is 77.7 Å². The highest BCUT2D eigenvalue weighted by atomic mass is 32.2. The van der Waals surface area contributed by atoms with Crippen LogP contribution < -0.4 is 14.8 Å². The van der Waals surface area contributed by atoms with Crippen LogP contribution in [0.1, 0.15) is 28.4 Å². The number of carbonyl (C=O) groups excluding carboxylic acids is 1. The van der Waals surface area contributed by atoms with Crippen molar-refractivity contribution < 1.29 is 17.9 Å². The lowest BCUT2D eigenvalue weighted by Crippen LogP contribution is -2.24. The van der Waals surface area contributed by atoms with Gasteiger partial charge in [0.1, 0.15) is 6.61 Å². The van der Waals surface area contributed by atoms with Crippen LogP contribution in [-0.4, -0.2) is 30.8 Å². The molecule has 1 aromatic carbocycles. The van der Waals surface area contributed by atoms with Gasteiger partial charge in [0.2, 0.25) is 10.0 Å². The lowest BCUT2D eigenvalue weighted by atomic mass is 10.1. The van der Waals surface area contributed by atoms with E-state index in [2.05, 4.69) is 20.0 Å². The van der Waals surface area contributed by atoms with Crippen molar-refractivity contribution >= 4 is 21.7 Å². The molecule has 0 aliphatic carbocycles. The van der Waals surface area contributed by atoms with Crippen LogP contribution >= 0.6 is 0 Å². The first-order valence-corrected chi connectivity index (χ1v) is 10.8. The van der Waals surface area contributed by atoms with Gasteiger partial charge in [0.05, 0.1) is 4.90 Å². The van der Waals surface area contributed by atoms with Gasteiger partial charge >= 0.3 is 0 Å². The molecule has 2 heterocycles. The molecular formula is C21H22N4O4S. The molecule has 0 bridgehead atoms. The highest BCUT2D eigenvalue weighted by Crippen LogP contribution is 2.24. The van der Waals surface area contributed by atoms with E-state index in [0.717, 1.165) is 5.56 Å². The molecule has 0 fully saturated rings. The average molecular weight is 426 g/mol. The van der Waals surface area contributed by atoms with E-state index in [1.165, 1.54) is 18.3 Å². The van der Waals surface area contributed by atoms with E-state index in [9.17, 15) is 13.2 Å². The number of ether oxygens (including phenoxy) is 1. The van der Waals surface area contributed by atoms with Gasteiger partial charge in [0.25, 0.3) is 5.91 Å². The monoisotopic (exact) mass is 426 g/mol. The fourth-order valence-electron chi connectivity index (χ4n) is 2.70. The predicted molar refractivity (Wildman–Crippen MR) is 113 cm³/mol. The summed E-state index contributed by atoms with van der Waals surface area (Å²) in [4.78, 5) is 21.0. The van der Waals surface area contributed by atoms with Crippen LogP contribution in [0.15, 0.2) is 66.0 Å². The zero-order valence-electron chi connectivity index (χ0n) is 16.6. The number of nitrogens with one attached hydrogen (secondary N) is 2. The van der Waals surface area contributed by atoms with E-state index in [4.69, 9.17) is 4.74 Å². The molecule has 156 valence electrons. The van der Waals surface area contributed by atoms with Gasteiger partial charge in [0.15, 0.2) is 11.6 Å². The summed E-state index contributed by atoms with van der Waals surface area (Å²) < 4.78 is 32.7. The minimum atomic E-state index is -3.68. The highest BCUT2D eigenvalue weighted by molar-refractivity contribution is 7.89. The number of pyridine rings is 2. The third-order valence-corrected chi connectivity index (χ3v) is 5.79. The van der Waals surface area contributed by atoms with Gasteiger partial charge in [-0.2, -0.15) is 0 Å². The number of nitrogens with zero attached hydrogens (tertiary/aromatic N) is 2. The summed E-state index contributed by atoms with van der Waals surface area (Å²) in [5, 5.41) is 2.71. The number of rotatable bonds is 8. The molecule has 0 aliphatic rings. The molecule has 9 heteroatoms. The van der Waals surface area contributed by atoms with E-state index in [1.54, 1.807) is 44.4 Å². The summed E-state index contributed by atoms with van der Waals surface area (Å²) in [6, 6.07) is 11.5. The molecule has 2 N–H and O–H groups in total. The smallest absolute Gasteiger partial charge is 0.257 e. The molecular weight excluding hydrogens is 404 g/mol. The summed E-state index contributed by atoms with van der Waals surface area (Å²) in [6.45, 7) is 3.96. The number of aromatic nitrogens is 2. The first-order valence-electron chi connectivity index (χ1n) is 9.29. The summed E-state index contributed by atoms with van der Waals surface area (Å²) in [6.07, 6.45) is 4.87. The fourth-order valence-corrected chi connectivity index (χ4v) is 3.77. The molecule has 8 nitrogen and oxygen atoms in total. The van der Waals surface area contributed by atoms with Crippen LogP contribution in [0.5, 0.6) is 5.75 Å². The first kappa shape index (κ1) is 21.4. The van der Waals surface area contributed by atoms with Gasteiger partial charge in [-0.05, 0) is 54.4 Å². The molecule has 0 radical (unpaired) electrons. The molecule has 0 atom stereocenters. The van der Waals surface area contributed by atoms with Crippen LogP contribution in [-0.2, 0) is 16.6 Å². The van der Waals surface area contributed by atoms with Crippen LogP contribution in [0.2, 0.25) is 0 Å². The molecule has 30 heavy (non-hydrogen) atoms. The van der Waals surface area contributed by atoms with E-state index in [0.29, 0.717) is 11.3 Å². The molecule has 2 aromatic heterocycles. The Balaban J connectivity index is 1.81. The molecule has 0 aliphatic heterocycles. The van der Waals surface area contributed by atoms with Crippen molar-refractivity contribution in [1.82, 2.24) is 14.7 Å². The number of amides is 1. The number of hydrogen-bond acceptors (Lipinski definition) is 6. The lowest BCUT2D eigenvalue weighted by Gasteiger charge is -2.13. The zero-order chi connectivity index (χ0) is 21.6. The SMILES string of the molecule is CCNS(=O)(=O)c1ccc(C)c(C(=O)Nc2ncccc2OCc2ccncc2)c1. The first-order chi connectivity index (χ1) is 14.4. The molecule has 0 saturated heterocycles. The van der Waals surface area contributed by atoms with Crippen LogP contribution in [0, 0.1) is 6.92 Å². The van der Waals surface area contributed by atoms with Gasteiger partial charge in [-0.25, -0.2) is 18.1 Å². The van der Waals surface area contributed by atoms with Crippen LogP contribution in [0.25, 0.3) is 0 Å². The van der Waals surface area contributed by atoms with Gasteiger partial charge in [-0.15, -0.1) is 0 Å². The van der Waals surface area contributed by atoms with Crippen molar-refractivity contribution in [2.24, 2.45) is 0 Å². The average Bonchev–Trinajstić information content (AvgIpc) is 2.74. The quantitative estimate of drug-likeness (QED) is 0.573. The van der Waals surface area contributed by atoms with Crippen LogP contribution in [0.4, 0.5) is 5.82 Å². The van der Waals surface area contributed by atoms with Crippen molar-refractivity contribution in [2.45, 2.75) is 25.3 Å². The highest BCUT2D eigenvalue weighted by Gasteiger charge is 2.18. The number of anilines is 1. The lowest BCUT2D eigenvalue weighted by molar-refractivity contribution is 0.102. The Labute approximate surface area is 175 Å². The van der Waals surface area contributed by atoms with E-state index in [-0.39, 0.29) is 29.4 Å². The number of hydrogen-bond donors (Lipinski definition) is 2. The second-order valence-corrected chi connectivity index (χ2v) is 8.19.